The Bertz CT molecular complexity index is 1490. The zero-order valence-electron chi connectivity index (χ0n) is 16.7. The van der Waals surface area contributed by atoms with Gasteiger partial charge in [0.05, 0.1) is 0 Å². The minimum absolute atomic E-state index is 0.0172. The van der Waals surface area contributed by atoms with E-state index in [4.69, 9.17) is 4.74 Å². The van der Waals surface area contributed by atoms with E-state index in [2.05, 4.69) is 78.9 Å². The van der Waals surface area contributed by atoms with Crippen LogP contribution in [0.3, 0.4) is 0 Å². The van der Waals surface area contributed by atoms with E-state index >= 15 is 0 Å². The highest BCUT2D eigenvalue weighted by molar-refractivity contribution is 5.82. The summed E-state index contributed by atoms with van der Waals surface area (Å²) in [6.45, 7) is 0. The predicted molar refractivity (Wildman–Crippen MR) is 123 cm³/mol. The van der Waals surface area contributed by atoms with Crippen molar-refractivity contribution in [2.45, 2.75) is 31.3 Å². The third-order valence-corrected chi connectivity index (χ3v) is 7.06. The van der Waals surface area contributed by atoms with Gasteiger partial charge in [0.2, 0.25) is 0 Å². The lowest BCUT2D eigenvalue weighted by atomic mass is 9.81. The minimum Gasteiger partial charge on any atom is -0.485 e. The summed E-state index contributed by atoms with van der Waals surface area (Å²) in [5, 5.41) is 5.13. The van der Waals surface area contributed by atoms with Gasteiger partial charge in [-0.2, -0.15) is 0 Å². The molecule has 1 heterocycles. The average molecular weight is 385 g/mol. The van der Waals surface area contributed by atoms with Crippen LogP contribution in [0.25, 0.3) is 36.0 Å². The molecule has 0 aromatic heterocycles. The molecular formula is C29H21O. The summed E-state index contributed by atoms with van der Waals surface area (Å²) < 4.78 is 6.44. The summed E-state index contributed by atoms with van der Waals surface area (Å²) in [4.78, 5) is 0. The molecule has 0 bridgehead atoms. The number of allylic oxidation sites excluding steroid dienone is 6. The van der Waals surface area contributed by atoms with Gasteiger partial charge in [-0.25, -0.2) is 0 Å². The Kier molecular flexibility index (Phi) is 3.34. The zero-order chi connectivity index (χ0) is 19.7. The summed E-state index contributed by atoms with van der Waals surface area (Å²) in [5.41, 5.74) is 7.03. The van der Waals surface area contributed by atoms with Crippen LogP contribution in [0.1, 0.15) is 41.9 Å². The van der Waals surface area contributed by atoms with Gasteiger partial charge in [0.15, 0.2) is 0 Å². The molecule has 5 aliphatic rings. The summed E-state index contributed by atoms with van der Waals surface area (Å²) in [7, 11) is 0. The zero-order valence-corrected chi connectivity index (χ0v) is 16.7. The molecular weight excluding hydrogens is 364 g/mol. The topological polar surface area (TPSA) is 9.23 Å². The van der Waals surface area contributed by atoms with Gasteiger partial charge in [-0.15, -0.1) is 0 Å². The third-order valence-electron chi connectivity index (χ3n) is 7.06. The molecule has 1 nitrogen and oxygen atoms in total. The van der Waals surface area contributed by atoms with E-state index in [1.165, 1.54) is 56.0 Å². The van der Waals surface area contributed by atoms with Crippen LogP contribution >= 0.6 is 0 Å². The predicted octanol–water partition coefficient (Wildman–Crippen LogP) is 3.33. The van der Waals surface area contributed by atoms with Crippen molar-refractivity contribution in [2.24, 2.45) is 0 Å². The van der Waals surface area contributed by atoms with E-state index in [-0.39, 0.29) is 12.0 Å². The van der Waals surface area contributed by atoms with Crippen LogP contribution in [0.4, 0.5) is 0 Å². The maximum atomic E-state index is 6.44. The molecule has 0 saturated carbocycles. The van der Waals surface area contributed by atoms with Crippen LogP contribution in [0.15, 0.2) is 60.2 Å². The Balaban J connectivity index is 1.36. The third kappa shape index (κ3) is 2.24. The van der Waals surface area contributed by atoms with Crippen LogP contribution in [0.5, 0.6) is 5.75 Å². The lowest BCUT2D eigenvalue weighted by Crippen LogP contribution is -2.37. The van der Waals surface area contributed by atoms with E-state index in [1.54, 1.807) is 5.57 Å². The molecule has 4 aliphatic carbocycles. The normalized spacial score (nSPS) is 23.7. The molecule has 1 heteroatoms. The highest BCUT2D eigenvalue weighted by atomic mass is 16.5. The van der Waals surface area contributed by atoms with Gasteiger partial charge in [-0.3, -0.25) is 0 Å². The summed E-state index contributed by atoms with van der Waals surface area (Å²) in [6, 6.07) is 8.90. The first kappa shape index (κ1) is 16.5. The first-order valence-corrected chi connectivity index (χ1v) is 10.9. The van der Waals surface area contributed by atoms with Crippen molar-refractivity contribution in [1.29, 1.82) is 0 Å². The molecule has 1 aliphatic heterocycles. The van der Waals surface area contributed by atoms with Gasteiger partial charge in [-0.1, -0.05) is 72.4 Å². The summed E-state index contributed by atoms with van der Waals surface area (Å²) in [6.07, 6.45) is 27.1. The van der Waals surface area contributed by atoms with Gasteiger partial charge in [0.25, 0.3) is 0 Å². The molecule has 2 aromatic carbocycles. The summed E-state index contributed by atoms with van der Waals surface area (Å²) in [5.74, 6) is 1.20. The van der Waals surface area contributed by atoms with E-state index in [9.17, 15) is 0 Å². The van der Waals surface area contributed by atoms with Gasteiger partial charge in [0.1, 0.15) is 11.9 Å². The van der Waals surface area contributed by atoms with Crippen LogP contribution in [-0.4, -0.2) is 6.10 Å². The van der Waals surface area contributed by atoms with Crippen LogP contribution in [0, 0.1) is 0 Å². The first-order valence-electron chi connectivity index (χ1n) is 10.9. The quantitative estimate of drug-likeness (QED) is 0.732. The van der Waals surface area contributed by atoms with Crippen LogP contribution < -0.4 is 25.6 Å². The molecule has 1 unspecified atom stereocenters. The lowest BCUT2D eigenvalue weighted by molar-refractivity contribution is 0.258. The molecule has 0 saturated heterocycles. The number of fused-ring (bicyclic) bond motifs is 7. The molecule has 143 valence electrons. The molecule has 0 N–H and O–H groups in total. The van der Waals surface area contributed by atoms with Crippen LogP contribution in [0.2, 0.25) is 0 Å². The maximum Gasteiger partial charge on any atom is 0.128 e. The fraction of sp³-hybridized carbons (Fsp3) is 0.172. The second kappa shape index (κ2) is 6.09. The number of ether oxygens (including phenoxy) is 1. The van der Waals surface area contributed by atoms with E-state index in [1.807, 2.05) is 6.08 Å². The molecule has 0 amide bonds. The van der Waals surface area contributed by atoms with Gasteiger partial charge < -0.3 is 4.74 Å². The Hall–Kier alpha value is -3.32. The molecule has 2 aromatic rings. The van der Waals surface area contributed by atoms with Crippen LogP contribution in [-0.2, 0) is 0 Å². The highest BCUT2D eigenvalue weighted by Gasteiger charge is 2.28. The fourth-order valence-corrected chi connectivity index (χ4v) is 5.60. The fourth-order valence-electron chi connectivity index (χ4n) is 5.60. The summed E-state index contributed by atoms with van der Waals surface area (Å²) >= 11 is 0. The van der Waals surface area contributed by atoms with E-state index in [0.29, 0.717) is 0 Å². The van der Waals surface area contributed by atoms with Gasteiger partial charge in [0, 0.05) is 16.4 Å². The SMILES string of the molecule is [C]1=c2c(ccc3c2=C[C@H](C2C=CC=c4c2ccc2c4=CCC4=C2C=CCC4)O3)C=C1. The van der Waals surface area contributed by atoms with Crippen molar-refractivity contribution in [3.05, 3.63) is 97.8 Å². The van der Waals surface area contributed by atoms with Crippen molar-refractivity contribution in [2.75, 3.05) is 0 Å². The van der Waals surface area contributed by atoms with Crippen molar-refractivity contribution in [1.82, 2.24) is 0 Å². The first-order chi connectivity index (χ1) is 14.9. The number of hydrogen-bond acceptors (Lipinski definition) is 1. The average Bonchev–Trinajstić information content (AvgIpc) is 3.44. The lowest BCUT2D eigenvalue weighted by Gasteiger charge is -2.26. The second-order valence-corrected chi connectivity index (χ2v) is 8.64. The van der Waals surface area contributed by atoms with E-state index in [0.717, 1.165) is 12.2 Å². The monoisotopic (exact) mass is 385 g/mol. The Morgan fingerprint density at radius 1 is 1.00 bits per heavy atom. The van der Waals surface area contributed by atoms with E-state index < -0.39 is 0 Å². The molecule has 0 fully saturated rings. The minimum atomic E-state index is 0.0172. The Morgan fingerprint density at radius 3 is 3.00 bits per heavy atom. The van der Waals surface area contributed by atoms with Crippen molar-refractivity contribution in [3.8, 4) is 5.75 Å². The largest absolute Gasteiger partial charge is 0.485 e. The maximum absolute atomic E-state index is 6.44. The molecule has 30 heavy (non-hydrogen) atoms. The van der Waals surface area contributed by atoms with Crippen molar-refractivity contribution >= 4 is 36.0 Å². The molecule has 2 atom stereocenters. The second-order valence-electron chi connectivity index (χ2n) is 8.64. The Morgan fingerprint density at radius 2 is 2.00 bits per heavy atom. The van der Waals surface area contributed by atoms with Crippen molar-refractivity contribution in [3.63, 3.8) is 0 Å². The number of hydrogen-bond donors (Lipinski definition) is 0. The molecule has 0 spiro atoms. The highest BCUT2D eigenvalue weighted by Crippen LogP contribution is 2.32. The standard InChI is InChI=1S/C29H21O/c1-2-7-20-18(5-1)11-13-24-22-9-4-10-26(25(22)15-14-23(20)24)29-17-27-21-8-3-6-19(21)12-16-28(27)30-29/h2-4,6-7,9-10,12-17,26,29H,1,5,11H2/t26?,29-/m1/s1. The van der Waals surface area contributed by atoms with Gasteiger partial charge >= 0.3 is 0 Å². The number of rotatable bonds is 1. The number of benzene rings is 2. The van der Waals surface area contributed by atoms with Crippen molar-refractivity contribution < 1.29 is 4.74 Å². The smallest absolute Gasteiger partial charge is 0.128 e. The van der Waals surface area contributed by atoms with Gasteiger partial charge in [-0.05, 0) is 70.2 Å². The Labute approximate surface area is 175 Å². The molecule has 1 radical (unpaired) electrons. The molecule has 7 rings (SSSR count).